The maximum atomic E-state index is 13.3. The molecule has 0 radical (unpaired) electrons. The van der Waals surface area contributed by atoms with Crippen LogP contribution in [-0.2, 0) is 9.53 Å². The van der Waals surface area contributed by atoms with Gasteiger partial charge < -0.3 is 15.0 Å². The minimum atomic E-state index is -0.293. The van der Waals surface area contributed by atoms with E-state index in [1.165, 1.54) is 23.9 Å². The first-order valence-corrected chi connectivity index (χ1v) is 10.4. The summed E-state index contributed by atoms with van der Waals surface area (Å²) in [6.07, 6.45) is 0.776. The number of benzene rings is 2. The van der Waals surface area contributed by atoms with Crippen LogP contribution in [0.4, 0.5) is 4.39 Å². The Hall–Kier alpha value is -2.64. The number of amides is 1. The van der Waals surface area contributed by atoms with Gasteiger partial charge in [-0.15, -0.1) is 0 Å². The number of rotatable bonds is 9. The van der Waals surface area contributed by atoms with Crippen LogP contribution in [0.1, 0.15) is 12.0 Å². The molecule has 0 saturated carbocycles. The standard InChI is InChI=1S/C22H24FN3O2S/c1-15-4-6-16(7-5-15)20-22(29-14-19(27)24-12-3-13-28-2)26-21(25-20)17-8-10-18(23)11-9-17/h4-11H,3,12-14H2,1-2H3,(H,24,27)(H,25,26). The summed E-state index contributed by atoms with van der Waals surface area (Å²) in [5.74, 6) is 0.564. The number of aromatic nitrogens is 2. The Morgan fingerprint density at radius 3 is 2.52 bits per heavy atom. The molecular formula is C22H24FN3O2S. The zero-order valence-electron chi connectivity index (χ0n) is 16.5. The quantitative estimate of drug-likeness (QED) is 0.402. The van der Waals surface area contributed by atoms with E-state index in [9.17, 15) is 9.18 Å². The number of aryl methyl sites for hydroxylation is 1. The average molecular weight is 414 g/mol. The van der Waals surface area contributed by atoms with Crippen LogP contribution in [0.15, 0.2) is 53.6 Å². The molecule has 3 aromatic rings. The second-order valence-corrected chi connectivity index (χ2v) is 7.59. The number of nitrogens with zero attached hydrogens (tertiary/aromatic N) is 1. The highest BCUT2D eigenvalue weighted by atomic mass is 32.2. The number of halogens is 1. The molecule has 152 valence electrons. The first kappa shape index (κ1) is 21.1. The third-order valence-electron chi connectivity index (χ3n) is 4.32. The summed E-state index contributed by atoms with van der Waals surface area (Å²) in [6, 6.07) is 14.3. The lowest BCUT2D eigenvalue weighted by molar-refractivity contribution is -0.118. The number of thioether (sulfide) groups is 1. The fourth-order valence-electron chi connectivity index (χ4n) is 2.75. The Bertz CT molecular complexity index is 940. The second kappa shape index (κ2) is 10.2. The molecule has 0 aliphatic rings. The summed E-state index contributed by atoms with van der Waals surface area (Å²) >= 11 is 1.38. The van der Waals surface area contributed by atoms with Crippen LogP contribution in [0.2, 0.25) is 0 Å². The van der Waals surface area contributed by atoms with Crippen LogP contribution in [0, 0.1) is 12.7 Å². The molecule has 1 amide bonds. The third-order valence-corrected chi connectivity index (χ3v) is 5.29. The van der Waals surface area contributed by atoms with Crippen LogP contribution in [-0.4, -0.2) is 41.9 Å². The molecule has 0 spiro atoms. The lowest BCUT2D eigenvalue weighted by Crippen LogP contribution is -2.26. The zero-order valence-corrected chi connectivity index (χ0v) is 17.3. The minimum absolute atomic E-state index is 0.0488. The smallest absolute Gasteiger partial charge is 0.230 e. The first-order chi connectivity index (χ1) is 14.1. The SMILES string of the molecule is COCCCNC(=O)CSc1nc(-c2ccc(F)cc2)[nH]c1-c1ccc(C)cc1. The molecule has 29 heavy (non-hydrogen) atoms. The van der Waals surface area contributed by atoms with E-state index in [0.717, 1.165) is 33.8 Å². The van der Waals surface area contributed by atoms with E-state index >= 15 is 0 Å². The predicted octanol–water partition coefficient (Wildman–Crippen LogP) is 4.44. The van der Waals surface area contributed by atoms with E-state index in [0.29, 0.717) is 19.0 Å². The molecule has 2 aromatic carbocycles. The summed E-state index contributed by atoms with van der Waals surface area (Å²) < 4.78 is 18.2. The molecule has 5 nitrogen and oxygen atoms in total. The van der Waals surface area contributed by atoms with Crippen LogP contribution < -0.4 is 5.32 Å². The molecule has 0 atom stereocenters. The molecule has 0 aliphatic heterocycles. The first-order valence-electron chi connectivity index (χ1n) is 9.38. The van der Waals surface area contributed by atoms with Gasteiger partial charge in [-0.2, -0.15) is 0 Å². The Labute approximate surface area is 174 Å². The molecule has 0 unspecified atom stereocenters. The molecular weight excluding hydrogens is 389 g/mol. The molecule has 0 saturated heterocycles. The molecule has 3 rings (SSSR count). The van der Waals surface area contributed by atoms with Gasteiger partial charge in [0.25, 0.3) is 0 Å². The highest BCUT2D eigenvalue weighted by molar-refractivity contribution is 8.00. The summed E-state index contributed by atoms with van der Waals surface area (Å²) in [5.41, 5.74) is 3.79. The van der Waals surface area contributed by atoms with Gasteiger partial charge in [-0.25, -0.2) is 9.37 Å². The summed E-state index contributed by atoms with van der Waals surface area (Å²) in [5, 5.41) is 3.62. The number of aromatic amines is 1. The predicted molar refractivity (Wildman–Crippen MR) is 114 cm³/mol. The van der Waals surface area contributed by atoms with Gasteiger partial charge in [0, 0.05) is 31.4 Å². The highest BCUT2D eigenvalue weighted by Crippen LogP contribution is 2.32. The zero-order chi connectivity index (χ0) is 20.6. The largest absolute Gasteiger partial charge is 0.385 e. The lowest BCUT2D eigenvalue weighted by atomic mass is 10.1. The van der Waals surface area contributed by atoms with Gasteiger partial charge >= 0.3 is 0 Å². The van der Waals surface area contributed by atoms with Crippen molar-refractivity contribution in [3.8, 4) is 22.6 Å². The lowest BCUT2D eigenvalue weighted by Gasteiger charge is -2.05. The minimum Gasteiger partial charge on any atom is -0.385 e. The number of hydrogen-bond acceptors (Lipinski definition) is 4. The van der Waals surface area contributed by atoms with E-state index < -0.39 is 0 Å². The molecule has 7 heteroatoms. The maximum absolute atomic E-state index is 13.3. The Morgan fingerprint density at radius 1 is 1.14 bits per heavy atom. The molecule has 0 bridgehead atoms. The molecule has 0 fully saturated rings. The Balaban J connectivity index is 1.79. The number of carbonyl (C=O) groups is 1. The van der Waals surface area contributed by atoms with Crippen molar-refractivity contribution in [2.75, 3.05) is 26.0 Å². The number of ether oxygens (including phenoxy) is 1. The van der Waals surface area contributed by atoms with Crippen molar-refractivity contribution in [3.63, 3.8) is 0 Å². The van der Waals surface area contributed by atoms with E-state index in [4.69, 9.17) is 4.74 Å². The van der Waals surface area contributed by atoms with E-state index in [1.54, 1.807) is 19.2 Å². The van der Waals surface area contributed by atoms with Crippen molar-refractivity contribution in [3.05, 3.63) is 59.9 Å². The number of carbonyl (C=O) groups excluding carboxylic acids is 1. The summed E-state index contributed by atoms with van der Waals surface area (Å²) in [6.45, 7) is 3.23. The Kier molecular flexibility index (Phi) is 7.43. The summed E-state index contributed by atoms with van der Waals surface area (Å²) in [4.78, 5) is 20.1. The topological polar surface area (TPSA) is 67.0 Å². The van der Waals surface area contributed by atoms with E-state index in [2.05, 4.69) is 15.3 Å². The van der Waals surface area contributed by atoms with Crippen molar-refractivity contribution in [1.29, 1.82) is 0 Å². The Morgan fingerprint density at radius 2 is 1.83 bits per heavy atom. The molecule has 2 N–H and O–H groups in total. The average Bonchev–Trinajstić information content (AvgIpc) is 3.15. The van der Waals surface area contributed by atoms with E-state index in [1.807, 2.05) is 31.2 Å². The van der Waals surface area contributed by atoms with Gasteiger partial charge in [0.05, 0.1) is 11.4 Å². The van der Waals surface area contributed by atoms with Crippen LogP contribution >= 0.6 is 11.8 Å². The van der Waals surface area contributed by atoms with Crippen LogP contribution in [0.5, 0.6) is 0 Å². The van der Waals surface area contributed by atoms with Crippen LogP contribution in [0.3, 0.4) is 0 Å². The fraction of sp³-hybridized carbons (Fsp3) is 0.273. The van der Waals surface area contributed by atoms with E-state index in [-0.39, 0.29) is 17.5 Å². The van der Waals surface area contributed by atoms with Crippen molar-refractivity contribution < 1.29 is 13.9 Å². The second-order valence-electron chi connectivity index (χ2n) is 6.62. The summed E-state index contributed by atoms with van der Waals surface area (Å²) in [7, 11) is 1.64. The molecule has 1 heterocycles. The van der Waals surface area contributed by atoms with Crippen molar-refractivity contribution in [1.82, 2.24) is 15.3 Å². The van der Waals surface area contributed by atoms with Crippen molar-refractivity contribution >= 4 is 17.7 Å². The third kappa shape index (κ3) is 5.92. The number of nitrogens with one attached hydrogen (secondary N) is 2. The molecule has 1 aromatic heterocycles. The fourth-order valence-corrected chi connectivity index (χ4v) is 3.59. The highest BCUT2D eigenvalue weighted by Gasteiger charge is 2.15. The number of H-pyrrole nitrogens is 1. The van der Waals surface area contributed by atoms with Crippen LogP contribution in [0.25, 0.3) is 22.6 Å². The molecule has 0 aliphatic carbocycles. The van der Waals surface area contributed by atoms with Gasteiger partial charge in [-0.05, 0) is 37.6 Å². The number of imidazole rings is 1. The van der Waals surface area contributed by atoms with Gasteiger partial charge in [0.15, 0.2) is 0 Å². The number of hydrogen-bond donors (Lipinski definition) is 2. The van der Waals surface area contributed by atoms with Gasteiger partial charge in [-0.1, -0.05) is 41.6 Å². The maximum Gasteiger partial charge on any atom is 0.230 e. The van der Waals surface area contributed by atoms with Gasteiger partial charge in [0.1, 0.15) is 16.7 Å². The monoisotopic (exact) mass is 413 g/mol. The number of methoxy groups -OCH3 is 1. The van der Waals surface area contributed by atoms with Gasteiger partial charge in [0.2, 0.25) is 5.91 Å². The normalized spacial score (nSPS) is 10.9. The van der Waals surface area contributed by atoms with Crippen molar-refractivity contribution in [2.45, 2.75) is 18.4 Å². The van der Waals surface area contributed by atoms with Gasteiger partial charge in [-0.3, -0.25) is 4.79 Å². The van der Waals surface area contributed by atoms with Crippen molar-refractivity contribution in [2.24, 2.45) is 0 Å².